The van der Waals surface area contributed by atoms with Crippen LogP contribution in [0.3, 0.4) is 0 Å². The maximum Gasteiger partial charge on any atom is 0.158 e. The second-order valence-electron chi connectivity index (χ2n) is 9.31. The Hall–Kier alpha value is -0.160. The van der Waals surface area contributed by atoms with Crippen LogP contribution in [0, 0.1) is 11.3 Å². The molecule has 6 rings (SSSR count). The van der Waals surface area contributed by atoms with Crippen molar-refractivity contribution in [1.82, 2.24) is 0 Å². The third-order valence-electron chi connectivity index (χ3n) is 6.78. The van der Waals surface area contributed by atoms with Gasteiger partial charge in [-0.05, 0) is 56.3 Å². The summed E-state index contributed by atoms with van der Waals surface area (Å²) in [6.45, 7) is 4.18. The minimum Gasteiger partial charge on any atom is -0.353 e. The van der Waals surface area contributed by atoms with Crippen LogP contribution in [0.4, 0.5) is 0 Å². The summed E-state index contributed by atoms with van der Waals surface area (Å²) >= 11 is 0. The van der Waals surface area contributed by atoms with Gasteiger partial charge in [-0.2, -0.15) is 0 Å². The minimum atomic E-state index is -0.0121. The highest BCUT2D eigenvalue weighted by Crippen LogP contribution is 2.65. The molecule has 4 bridgehead atoms. The third-order valence-corrected chi connectivity index (χ3v) is 6.78. The Morgan fingerprint density at radius 2 is 1.35 bits per heavy atom. The number of hydrogen-bond acceptors (Lipinski definition) is 4. The van der Waals surface area contributed by atoms with Crippen molar-refractivity contribution in [3.63, 3.8) is 0 Å². The largest absolute Gasteiger partial charge is 0.353 e. The van der Waals surface area contributed by atoms with E-state index in [1.807, 2.05) is 0 Å². The van der Waals surface area contributed by atoms with Crippen molar-refractivity contribution in [2.45, 2.75) is 94.9 Å². The lowest BCUT2D eigenvalue weighted by molar-refractivity contribution is -0.317. The van der Waals surface area contributed by atoms with Crippen molar-refractivity contribution < 1.29 is 18.9 Å². The molecule has 4 atom stereocenters. The van der Waals surface area contributed by atoms with E-state index in [9.17, 15) is 0 Å². The van der Waals surface area contributed by atoms with E-state index in [1.165, 1.54) is 32.1 Å². The predicted molar refractivity (Wildman–Crippen MR) is 84.9 cm³/mol. The maximum atomic E-state index is 6.62. The smallest absolute Gasteiger partial charge is 0.158 e. The lowest BCUT2D eigenvalue weighted by Crippen LogP contribution is -2.65. The summed E-state index contributed by atoms with van der Waals surface area (Å²) in [6, 6.07) is 0. The molecule has 6 aliphatic rings. The first kappa shape index (κ1) is 15.1. The molecule has 4 nitrogen and oxygen atoms in total. The Morgan fingerprint density at radius 3 is 1.78 bits per heavy atom. The summed E-state index contributed by atoms with van der Waals surface area (Å²) < 4.78 is 24.9. The Kier molecular flexibility index (Phi) is 3.40. The van der Waals surface area contributed by atoms with Gasteiger partial charge in [-0.15, -0.1) is 0 Å². The van der Waals surface area contributed by atoms with Crippen LogP contribution in [0.1, 0.15) is 71.1 Å². The average Bonchev–Trinajstić information content (AvgIpc) is 3.08. The lowest BCUT2D eigenvalue weighted by Gasteiger charge is -2.65. The fraction of sp³-hybridized carbons (Fsp3) is 1.00. The zero-order valence-electron chi connectivity index (χ0n) is 14.4. The van der Waals surface area contributed by atoms with Crippen LogP contribution in [0.5, 0.6) is 0 Å². The molecule has 0 radical (unpaired) electrons. The lowest BCUT2D eigenvalue weighted by atomic mass is 9.46. The molecule has 4 unspecified atom stereocenters. The second-order valence-corrected chi connectivity index (χ2v) is 9.31. The van der Waals surface area contributed by atoms with E-state index in [0.29, 0.717) is 5.41 Å². The van der Waals surface area contributed by atoms with Gasteiger partial charge >= 0.3 is 0 Å². The molecule has 0 spiro atoms. The Labute approximate surface area is 139 Å². The van der Waals surface area contributed by atoms with Crippen LogP contribution in [0.2, 0.25) is 0 Å². The Morgan fingerprint density at radius 1 is 0.783 bits per heavy atom. The van der Waals surface area contributed by atoms with Gasteiger partial charge in [-0.3, -0.25) is 0 Å². The zero-order chi connectivity index (χ0) is 15.5. The van der Waals surface area contributed by atoms with Crippen molar-refractivity contribution in [2.24, 2.45) is 11.3 Å². The highest BCUT2D eigenvalue weighted by Gasteiger charge is 2.64. The summed E-state index contributed by atoms with van der Waals surface area (Å²) in [7, 11) is 0. The van der Waals surface area contributed by atoms with Crippen molar-refractivity contribution in [1.29, 1.82) is 0 Å². The van der Waals surface area contributed by atoms with Gasteiger partial charge in [0.05, 0.1) is 11.2 Å². The Balaban J connectivity index is 1.40. The van der Waals surface area contributed by atoms with Gasteiger partial charge in [0, 0.05) is 32.5 Å². The van der Waals surface area contributed by atoms with E-state index in [2.05, 4.69) is 6.92 Å². The third kappa shape index (κ3) is 2.66. The van der Waals surface area contributed by atoms with Crippen molar-refractivity contribution in [2.75, 3.05) is 13.2 Å². The highest BCUT2D eigenvalue weighted by molar-refractivity contribution is 5.15. The first-order chi connectivity index (χ1) is 11.1. The summed E-state index contributed by atoms with van der Waals surface area (Å²) in [5.74, 6) is 0.749. The molecular formula is C19H30O4. The topological polar surface area (TPSA) is 36.9 Å². The molecule has 0 N–H and O–H groups in total. The Bertz CT molecular complexity index is 432. The highest BCUT2D eigenvalue weighted by atomic mass is 16.7. The van der Waals surface area contributed by atoms with Crippen molar-refractivity contribution in [3.05, 3.63) is 0 Å². The quantitative estimate of drug-likeness (QED) is 0.789. The van der Waals surface area contributed by atoms with Gasteiger partial charge in [0.1, 0.15) is 0 Å². The van der Waals surface area contributed by atoms with Crippen LogP contribution in [0.25, 0.3) is 0 Å². The second kappa shape index (κ2) is 5.17. The van der Waals surface area contributed by atoms with Gasteiger partial charge in [0.25, 0.3) is 0 Å². The molecule has 130 valence electrons. The maximum absolute atomic E-state index is 6.62. The van der Waals surface area contributed by atoms with Crippen LogP contribution in [-0.2, 0) is 18.9 Å². The van der Waals surface area contributed by atoms with Gasteiger partial charge in [-0.1, -0.05) is 6.92 Å². The van der Waals surface area contributed by atoms with E-state index in [0.717, 1.165) is 51.2 Å². The van der Waals surface area contributed by atoms with Crippen LogP contribution in [-0.4, -0.2) is 37.0 Å². The summed E-state index contributed by atoms with van der Waals surface area (Å²) in [4.78, 5) is 0. The zero-order valence-corrected chi connectivity index (χ0v) is 14.4. The van der Waals surface area contributed by atoms with E-state index < -0.39 is 0 Å². The average molecular weight is 322 g/mol. The first-order valence-corrected chi connectivity index (χ1v) is 9.65. The molecule has 0 aromatic carbocycles. The number of rotatable bonds is 4. The molecular weight excluding hydrogens is 292 g/mol. The molecule has 0 aromatic heterocycles. The summed E-state index contributed by atoms with van der Waals surface area (Å²) in [6.07, 6.45) is 11.6. The van der Waals surface area contributed by atoms with E-state index in [1.54, 1.807) is 0 Å². The van der Waals surface area contributed by atoms with Gasteiger partial charge in [-0.25, -0.2) is 0 Å². The minimum absolute atomic E-state index is 0.0121. The van der Waals surface area contributed by atoms with Crippen LogP contribution in [0.15, 0.2) is 0 Å². The first-order valence-electron chi connectivity index (χ1n) is 9.65. The molecule has 4 heteroatoms. The molecule has 6 fully saturated rings. The van der Waals surface area contributed by atoms with Crippen LogP contribution < -0.4 is 0 Å². The number of hydrogen-bond donors (Lipinski definition) is 0. The molecule has 2 aliphatic heterocycles. The molecule has 0 aromatic rings. The standard InChI is InChI=1S/C19H30O4/c1-17-8-14-9-18(11-17,22-15-4-2-6-20-15)13-19(10-14,12-17)23-16-5-3-7-21-16/h14-16H,2-13H2,1H3. The predicted octanol–water partition coefficient (Wildman–Crippen LogP) is 3.77. The molecule has 4 aliphatic carbocycles. The van der Waals surface area contributed by atoms with Gasteiger partial charge < -0.3 is 18.9 Å². The van der Waals surface area contributed by atoms with Gasteiger partial charge in [0.2, 0.25) is 0 Å². The summed E-state index contributed by atoms with van der Waals surface area (Å²) in [5.41, 5.74) is 0.347. The normalized spacial score (nSPS) is 54.9. The van der Waals surface area contributed by atoms with Crippen molar-refractivity contribution >= 4 is 0 Å². The molecule has 2 saturated heterocycles. The molecule has 4 saturated carbocycles. The monoisotopic (exact) mass is 322 g/mol. The van der Waals surface area contributed by atoms with Crippen molar-refractivity contribution in [3.8, 4) is 0 Å². The fourth-order valence-electron chi connectivity index (χ4n) is 6.83. The SMILES string of the molecule is CC12CC3CC(OC4CCCO4)(C1)CC(OC1CCCO1)(C3)C2. The fourth-order valence-corrected chi connectivity index (χ4v) is 6.83. The summed E-state index contributed by atoms with van der Waals surface area (Å²) in [5, 5.41) is 0. The van der Waals surface area contributed by atoms with Gasteiger partial charge in [0.15, 0.2) is 12.6 Å². The van der Waals surface area contributed by atoms with E-state index in [-0.39, 0.29) is 23.8 Å². The van der Waals surface area contributed by atoms with E-state index >= 15 is 0 Å². The molecule has 0 amide bonds. The molecule has 2 heterocycles. The van der Waals surface area contributed by atoms with Crippen LogP contribution >= 0.6 is 0 Å². The number of ether oxygens (including phenoxy) is 4. The molecule has 23 heavy (non-hydrogen) atoms. The van der Waals surface area contributed by atoms with E-state index in [4.69, 9.17) is 18.9 Å².